The number of imidazole rings is 1. The number of rotatable bonds is 4. The van der Waals surface area contributed by atoms with Crippen LogP contribution < -0.4 is 0 Å². The van der Waals surface area contributed by atoms with Gasteiger partial charge in [-0.25, -0.2) is 4.98 Å². The molecule has 0 amide bonds. The van der Waals surface area contributed by atoms with Crippen molar-refractivity contribution in [3.63, 3.8) is 0 Å². The molecular formula is C13H14ClF3N2. The SMILES string of the molecule is Cc1ccc2nc(CCCl)n(CCC(F)(F)F)c2c1. The average Bonchev–Trinajstić information content (AvgIpc) is 2.63. The summed E-state index contributed by atoms with van der Waals surface area (Å²) in [4.78, 5) is 4.36. The predicted octanol–water partition coefficient (Wildman–Crippen LogP) is 4.08. The van der Waals surface area contributed by atoms with Crippen molar-refractivity contribution in [3.8, 4) is 0 Å². The molecule has 0 bridgehead atoms. The first-order valence-electron chi connectivity index (χ1n) is 5.99. The smallest absolute Gasteiger partial charge is 0.328 e. The first kappa shape index (κ1) is 14.2. The van der Waals surface area contributed by atoms with Gasteiger partial charge in [0.15, 0.2) is 0 Å². The van der Waals surface area contributed by atoms with Crippen LogP contribution in [0.1, 0.15) is 17.8 Å². The second kappa shape index (κ2) is 5.41. The van der Waals surface area contributed by atoms with Crippen LogP contribution in [0.15, 0.2) is 18.2 Å². The van der Waals surface area contributed by atoms with Gasteiger partial charge in [0.05, 0.1) is 17.5 Å². The third-order valence-electron chi connectivity index (χ3n) is 2.92. The van der Waals surface area contributed by atoms with Crippen molar-refractivity contribution in [1.29, 1.82) is 0 Å². The molecule has 0 aliphatic heterocycles. The van der Waals surface area contributed by atoms with Crippen molar-refractivity contribution in [2.45, 2.75) is 32.5 Å². The van der Waals surface area contributed by atoms with E-state index in [1.807, 2.05) is 25.1 Å². The van der Waals surface area contributed by atoms with Crippen LogP contribution in [-0.2, 0) is 13.0 Å². The van der Waals surface area contributed by atoms with Gasteiger partial charge in [-0.05, 0) is 24.6 Å². The van der Waals surface area contributed by atoms with E-state index in [-0.39, 0.29) is 6.54 Å². The molecule has 0 N–H and O–H groups in total. The summed E-state index contributed by atoms with van der Waals surface area (Å²) < 4.78 is 38.8. The van der Waals surface area contributed by atoms with E-state index in [1.54, 1.807) is 4.57 Å². The summed E-state index contributed by atoms with van der Waals surface area (Å²) in [6.45, 7) is 1.79. The third-order valence-corrected chi connectivity index (χ3v) is 3.11. The second-order valence-electron chi connectivity index (χ2n) is 4.48. The molecule has 0 saturated heterocycles. The van der Waals surface area contributed by atoms with Crippen LogP contribution in [0.25, 0.3) is 11.0 Å². The number of aromatic nitrogens is 2. The van der Waals surface area contributed by atoms with Crippen LogP contribution in [0, 0.1) is 6.92 Å². The van der Waals surface area contributed by atoms with Crippen LogP contribution in [-0.4, -0.2) is 21.6 Å². The molecule has 19 heavy (non-hydrogen) atoms. The highest BCUT2D eigenvalue weighted by atomic mass is 35.5. The summed E-state index contributed by atoms with van der Waals surface area (Å²) in [6, 6.07) is 5.58. The Morgan fingerprint density at radius 1 is 1.32 bits per heavy atom. The average molecular weight is 291 g/mol. The fourth-order valence-electron chi connectivity index (χ4n) is 2.05. The van der Waals surface area contributed by atoms with Gasteiger partial charge in [-0.1, -0.05) is 6.07 Å². The maximum atomic E-state index is 12.4. The van der Waals surface area contributed by atoms with E-state index in [0.717, 1.165) is 11.1 Å². The first-order valence-corrected chi connectivity index (χ1v) is 6.52. The minimum absolute atomic E-state index is 0.115. The largest absolute Gasteiger partial charge is 0.390 e. The van der Waals surface area contributed by atoms with Gasteiger partial charge in [0, 0.05) is 18.8 Å². The molecule has 2 rings (SSSR count). The number of hydrogen-bond donors (Lipinski definition) is 0. The molecule has 0 unspecified atom stereocenters. The standard InChI is InChI=1S/C13H14ClF3N2/c1-9-2-3-10-11(8-9)19(7-5-13(15,16)17)12(18-10)4-6-14/h2-3,8H,4-7H2,1H3. The number of halogens is 4. The van der Waals surface area contributed by atoms with E-state index in [4.69, 9.17) is 11.6 Å². The molecule has 0 aliphatic carbocycles. The van der Waals surface area contributed by atoms with E-state index in [2.05, 4.69) is 4.98 Å². The molecule has 104 valence electrons. The van der Waals surface area contributed by atoms with Gasteiger partial charge in [-0.2, -0.15) is 13.2 Å². The van der Waals surface area contributed by atoms with Crippen LogP contribution in [0.5, 0.6) is 0 Å². The van der Waals surface area contributed by atoms with Crippen LogP contribution in [0.2, 0.25) is 0 Å². The second-order valence-corrected chi connectivity index (χ2v) is 4.85. The topological polar surface area (TPSA) is 17.8 Å². The minimum atomic E-state index is -4.17. The third kappa shape index (κ3) is 3.41. The van der Waals surface area contributed by atoms with Crippen molar-refractivity contribution >= 4 is 22.6 Å². The van der Waals surface area contributed by atoms with Crippen LogP contribution in [0.3, 0.4) is 0 Å². The van der Waals surface area contributed by atoms with Gasteiger partial charge in [0.2, 0.25) is 0 Å². The molecule has 0 radical (unpaired) electrons. The summed E-state index contributed by atoms with van der Waals surface area (Å²) in [5.74, 6) is 0.953. The van der Waals surface area contributed by atoms with E-state index in [1.165, 1.54) is 0 Å². The highest BCUT2D eigenvalue weighted by Gasteiger charge is 2.27. The summed E-state index contributed by atoms with van der Waals surface area (Å²) in [5.41, 5.74) is 2.45. The predicted molar refractivity (Wildman–Crippen MR) is 69.6 cm³/mol. The lowest BCUT2D eigenvalue weighted by atomic mass is 10.2. The Hall–Kier alpha value is -1.23. The van der Waals surface area contributed by atoms with Crippen molar-refractivity contribution in [2.75, 3.05) is 5.88 Å². The number of aryl methyl sites for hydroxylation is 3. The Kier molecular flexibility index (Phi) is 4.04. The van der Waals surface area contributed by atoms with Gasteiger partial charge in [0.1, 0.15) is 5.82 Å². The Morgan fingerprint density at radius 3 is 2.68 bits per heavy atom. The van der Waals surface area contributed by atoms with E-state index in [9.17, 15) is 13.2 Å². The Morgan fingerprint density at radius 2 is 2.05 bits per heavy atom. The van der Waals surface area contributed by atoms with Gasteiger partial charge in [-0.3, -0.25) is 0 Å². The fraction of sp³-hybridized carbons (Fsp3) is 0.462. The molecule has 1 aromatic carbocycles. The zero-order valence-corrected chi connectivity index (χ0v) is 11.2. The van der Waals surface area contributed by atoms with E-state index in [0.29, 0.717) is 23.6 Å². The monoisotopic (exact) mass is 290 g/mol. The van der Waals surface area contributed by atoms with Crippen molar-refractivity contribution in [2.24, 2.45) is 0 Å². The van der Waals surface area contributed by atoms with Crippen molar-refractivity contribution < 1.29 is 13.2 Å². The summed E-state index contributed by atoms with van der Waals surface area (Å²) >= 11 is 5.68. The summed E-state index contributed by atoms with van der Waals surface area (Å²) in [6.07, 6.45) is -4.56. The lowest BCUT2D eigenvalue weighted by Gasteiger charge is -2.10. The number of fused-ring (bicyclic) bond motifs is 1. The molecule has 1 heterocycles. The Balaban J connectivity index is 2.41. The van der Waals surface area contributed by atoms with Gasteiger partial charge in [0.25, 0.3) is 0 Å². The molecule has 0 aliphatic rings. The maximum absolute atomic E-state index is 12.4. The number of nitrogens with zero attached hydrogens (tertiary/aromatic N) is 2. The molecular weight excluding hydrogens is 277 g/mol. The Bertz CT molecular complexity index is 575. The van der Waals surface area contributed by atoms with Gasteiger partial charge < -0.3 is 4.57 Å². The number of benzene rings is 1. The molecule has 6 heteroatoms. The Labute approximate surface area is 114 Å². The molecule has 2 aromatic rings. The lowest BCUT2D eigenvalue weighted by Crippen LogP contribution is -2.14. The van der Waals surface area contributed by atoms with Crippen molar-refractivity contribution in [3.05, 3.63) is 29.6 Å². The first-order chi connectivity index (χ1) is 8.90. The van der Waals surface area contributed by atoms with E-state index < -0.39 is 12.6 Å². The van der Waals surface area contributed by atoms with Crippen LogP contribution in [0.4, 0.5) is 13.2 Å². The van der Waals surface area contributed by atoms with Gasteiger partial charge in [-0.15, -0.1) is 11.6 Å². The fourth-order valence-corrected chi connectivity index (χ4v) is 2.22. The highest BCUT2D eigenvalue weighted by Crippen LogP contribution is 2.24. The van der Waals surface area contributed by atoms with Crippen molar-refractivity contribution in [1.82, 2.24) is 9.55 Å². The molecule has 1 aromatic heterocycles. The zero-order chi connectivity index (χ0) is 14.0. The minimum Gasteiger partial charge on any atom is -0.328 e. The van der Waals surface area contributed by atoms with E-state index >= 15 is 0 Å². The number of alkyl halides is 4. The number of hydrogen-bond acceptors (Lipinski definition) is 1. The highest BCUT2D eigenvalue weighted by molar-refractivity contribution is 6.17. The quantitative estimate of drug-likeness (QED) is 0.776. The molecule has 2 nitrogen and oxygen atoms in total. The molecule has 0 spiro atoms. The lowest BCUT2D eigenvalue weighted by molar-refractivity contribution is -0.136. The zero-order valence-electron chi connectivity index (χ0n) is 10.5. The molecule has 0 atom stereocenters. The summed E-state index contributed by atoms with van der Waals surface area (Å²) in [7, 11) is 0. The van der Waals surface area contributed by atoms with Crippen LogP contribution >= 0.6 is 11.6 Å². The maximum Gasteiger partial charge on any atom is 0.390 e. The summed E-state index contributed by atoms with van der Waals surface area (Å²) in [5, 5.41) is 0. The molecule has 0 fully saturated rings. The normalized spacial score (nSPS) is 12.3. The van der Waals surface area contributed by atoms with Gasteiger partial charge >= 0.3 is 6.18 Å². The molecule has 0 saturated carbocycles.